The molecule has 0 spiro atoms. The lowest BCUT2D eigenvalue weighted by Gasteiger charge is -2.23. The number of rotatable bonds is 6. The Morgan fingerprint density at radius 3 is 2.05 bits per heavy atom. The van der Waals surface area contributed by atoms with Crippen molar-refractivity contribution in [2.75, 3.05) is 0 Å². The molecule has 0 aliphatic carbocycles. The molecule has 1 atom stereocenters. The molecule has 3 nitrogen and oxygen atoms in total. The molecule has 20 heavy (non-hydrogen) atoms. The fourth-order valence-corrected chi connectivity index (χ4v) is 2.72. The Hall–Kier alpha value is -1.35. The summed E-state index contributed by atoms with van der Waals surface area (Å²) >= 11 is 0. The van der Waals surface area contributed by atoms with Crippen molar-refractivity contribution in [3.63, 3.8) is 0 Å². The normalized spacial score (nSPS) is 12.8. The lowest BCUT2D eigenvalue weighted by molar-refractivity contribution is -0.137. The largest absolute Gasteiger partial charge is 0.481 e. The topological polar surface area (TPSA) is 49.3 Å². The van der Waals surface area contributed by atoms with Crippen LogP contribution in [0.4, 0.5) is 0 Å². The van der Waals surface area contributed by atoms with Crippen LogP contribution in [0.2, 0.25) is 0 Å². The third-order valence-electron chi connectivity index (χ3n) is 3.96. The number of aryl methyl sites for hydroxylation is 2. The van der Waals surface area contributed by atoms with Gasteiger partial charge in [0.25, 0.3) is 0 Å². The highest BCUT2D eigenvalue weighted by Gasteiger charge is 2.18. The van der Waals surface area contributed by atoms with Gasteiger partial charge < -0.3 is 10.4 Å². The Balaban J connectivity index is 3.07. The molecule has 0 saturated carbocycles. The summed E-state index contributed by atoms with van der Waals surface area (Å²) in [5.41, 5.74) is 6.42. The van der Waals surface area contributed by atoms with E-state index in [1.807, 2.05) is 0 Å². The van der Waals surface area contributed by atoms with Crippen LogP contribution in [0, 0.1) is 27.7 Å². The van der Waals surface area contributed by atoms with Crippen LogP contribution in [0.3, 0.4) is 0 Å². The van der Waals surface area contributed by atoms with E-state index in [0.29, 0.717) is 0 Å². The summed E-state index contributed by atoms with van der Waals surface area (Å²) in [6.07, 6.45) is 0.925. The number of carbonyl (C=O) groups is 1. The van der Waals surface area contributed by atoms with Gasteiger partial charge in [-0.1, -0.05) is 19.9 Å². The molecule has 0 heterocycles. The molecular weight excluding hydrogens is 250 g/mol. The zero-order chi connectivity index (χ0) is 15.4. The zero-order valence-electron chi connectivity index (χ0n) is 13.5. The minimum Gasteiger partial charge on any atom is -0.481 e. The summed E-state index contributed by atoms with van der Waals surface area (Å²) < 4.78 is 0. The molecular formula is C17H27NO2. The second-order valence-corrected chi connectivity index (χ2v) is 6.06. The maximum absolute atomic E-state index is 11.0. The first-order chi connectivity index (χ1) is 9.22. The third kappa shape index (κ3) is 4.34. The molecule has 0 radical (unpaired) electrons. The molecule has 3 heteroatoms. The molecule has 0 aliphatic rings. The highest BCUT2D eigenvalue weighted by Crippen LogP contribution is 2.23. The summed E-state index contributed by atoms with van der Waals surface area (Å²) in [5, 5.41) is 12.5. The SMILES string of the molecule is Cc1cc(C)c(C)c(CC(CC(=O)O)NC(C)C)c1C. The van der Waals surface area contributed by atoms with Crippen LogP contribution in [0.1, 0.15) is 48.1 Å². The van der Waals surface area contributed by atoms with Crippen molar-refractivity contribution in [2.24, 2.45) is 0 Å². The van der Waals surface area contributed by atoms with Crippen molar-refractivity contribution < 1.29 is 9.90 Å². The van der Waals surface area contributed by atoms with Gasteiger partial charge in [0.05, 0.1) is 6.42 Å². The lowest BCUT2D eigenvalue weighted by Crippen LogP contribution is -2.38. The fraction of sp³-hybridized carbons (Fsp3) is 0.588. The molecule has 0 bridgehead atoms. The number of carboxylic acids is 1. The van der Waals surface area contributed by atoms with Gasteiger partial charge in [0.1, 0.15) is 0 Å². The van der Waals surface area contributed by atoms with E-state index in [1.54, 1.807) is 0 Å². The van der Waals surface area contributed by atoms with E-state index in [-0.39, 0.29) is 18.5 Å². The molecule has 1 aromatic rings. The van der Waals surface area contributed by atoms with Gasteiger partial charge in [0, 0.05) is 12.1 Å². The molecule has 1 unspecified atom stereocenters. The smallest absolute Gasteiger partial charge is 0.304 e. The van der Waals surface area contributed by atoms with Gasteiger partial charge in [0.15, 0.2) is 0 Å². The molecule has 0 aromatic heterocycles. The van der Waals surface area contributed by atoms with E-state index in [4.69, 9.17) is 5.11 Å². The van der Waals surface area contributed by atoms with E-state index in [0.717, 1.165) is 6.42 Å². The Morgan fingerprint density at radius 2 is 1.65 bits per heavy atom. The number of nitrogens with one attached hydrogen (secondary N) is 1. The first-order valence-corrected chi connectivity index (χ1v) is 7.26. The summed E-state index contributed by atoms with van der Waals surface area (Å²) in [6, 6.07) is 2.47. The van der Waals surface area contributed by atoms with Gasteiger partial charge in [0.2, 0.25) is 0 Å². The van der Waals surface area contributed by atoms with E-state index in [2.05, 4.69) is 52.9 Å². The summed E-state index contributed by atoms with van der Waals surface area (Å²) in [4.78, 5) is 11.0. The lowest BCUT2D eigenvalue weighted by atomic mass is 9.89. The molecule has 0 amide bonds. The van der Waals surface area contributed by atoms with E-state index in [9.17, 15) is 4.79 Å². The Labute approximate surface area is 122 Å². The number of carboxylic acid groups (broad SMARTS) is 1. The number of benzene rings is 1. The zero-order valence-corrected chi connectivity index (χ0v) is 13.5. The van der Waals surface area contributed by atoms with Crippen LogP contribution >= 0.6 is 0 Å². The molecule has 0 fully saturated rings. The monoisotopic (exact) mass is 277 g/mol. The van der Waals surface area contributed by atoms with Crippen molar-refractivity contribution >= 4 is 5.97 Å². The minimum atomic E-state index is -0.747. The van der Waals surface area contributed by atoms with Crippen LogP contribution in [0.5, 0.6) is 0 Å². The van der Waals surface area contributed by atoms with E-state index in [1.165, 1.54) is 27.8 Å². The third-order valence-corrected chi connectivity index (χ3v) is 3.96. The van der Waals surface area contributed by atoms with E-state index >= 15 is 0 Å². The molecule has 0 saturated heterocycles. The highest BCUT2D eigenvalue weighted by molar-refractivity contribution is 5.67. The molecule has 2 N–H and O–H groups in total. The number of aliphatic carboxylic acids is 1. The van der Waals surface area contributed by atoms with Crippen molar-refractivity contribution in [3.05, 3.63) is 33.9 Å². The maximum atomic E-state index is 11.0. The van der Waals surface area contributed by atoms with Gasteiger partial charge in [-0.05, 0) is 61.9 Å². The predicted molar refractivity (Wildman–Crippen MR) is 83.4 cm³/mol. The second kappa shape index (κ2) is 6.89. The summed E-state index contributed by atoms with van der Waals surface area (Å²) in [7, 11) is 0. The van der Waals surface area contributed by atoms with Crippen molar-refractivity contribution in [3.8, 4) is 0 Å². The predicted octanol–water partition coefficient (Wildman–Crippen LogP) is 3.30. The minimum absolute atomic E-state index is 0.0221. The van der Waals surface area contributed by atoms with Gasteiger partial charge in [-0.2, -0.15) is 0 Å². The Morgan fingerprint density at radius 1 is 1.15 bits per heavy atom. The van der Waals surface area contributed by atoms with Crippen molar-refractivity contribution in [2.45, 2.75) is 66.5 Å². The fourth-order valence-electron chi connectivity index (χ4n) is 2.72. The van der Waals surface area contributed by atoms with Crippen LogP contribution in [-0.2, 0) is 11.2 Å². The molecule has 112 valence electrons. The first-order valence-electron chi connectivity index (χ1n) is 7.26. The van der Waals surface area contributed by atoms with Crippen LogP contribution in [-0.4, -0.2) is 23.2 Å². The van der Waals surface area contributed by atoms with Crippen LogP contribution in [0.25, 0.3) is 0 Å². The molecule has 0 aliphatic heterocycles. The highest BCUT2D eigenvalue weighted by atomic mass is 16.4. The van der Waals surface area contributed by atoms with Gasteiger partial charge >= 0.3 is 5.97 Å². The number of hydrogen-bond donors (Lipinski definition) is 2. The first kappa shape index (κ1) is 16.7. The van der Waals surface area contributed by atoms with Crippen LogP contribution < -0.4 is 5.32 Å². The second-order valence-electron chi connectivity index (χ2n) is 6.06. The van der Waals surface area contributed by atoms with Gasteiger partial charge in [-0.15, -0.1) is 0 Å². The summed E-state index contributed by atoms with van der Waals surface area (Å²) in [5.74, 6) is -0.747. The van der Waals surface area contributed by atoms with Crippen molar-refractivity contribution in [1.82, 2.24) is 5.32 Å². The Kier molecular flexibility index (Phi) is 5.75. The number of hydrogen-bond acceptors (Lipinski definition) is 2. The maximum Gasteiger partial charge on any atom is 0.304 e. The van der Waals surface area contributed by atoms with Crippen molar-refractivity contribution in [1.29, 1.82) is 0 Å². The molecule has 1 aromatic carbocycles. The quantitative estimate of drug-likeness (QED) is 0.838. The average molecular weight is 277 g/mol. The molecule has 1 rings (SSSR count). The van der Waals surface area contributed by atoms with Gasteiger partial charge in [-0.25, -0.2) is 0 Å². The average Bonchev–Trinajstić information content (AvgIpc) is 2.30. The summed E-state index contributed by atoms with van der Waals surface area (Å²) in [6.45, 7) is 12.6. The van der Waals surface area contributed by atoms with E-state index < -0.39 is 5.97 Å². The van der Waals surface area contributed by atoms with Crippen LogP contribution in [0.15, 0.2) is 6.07 Å². The van der Waals surface area contributed by atoms with Gasteiger partial charge in [-0.3, -0.25) is 4.79 Å². The standard InChI is InChI=1S/C17H27NO2/c1-10(2)18-15(9-17(19)20)8-16-13(5)11(3)7-12(4)14(16)6/h7,10,15,18H,8-9H2,1-6H3,(H,19,20). The Bertz CT molecular complexity index is 466.